The highest BCUT2D eigenvalue weighted by molar-refractivity contribution is 7.07. The third kappa shape index (κ3) is 2.50. The Kier molecular flexibility index (Phi) is 2.92. The summed E-state index contributed by atoms with van der Waals surface area (Å²) < 4.78 is 0. The minimum atomic E-state index is 0.104. The Hall–Kier alpha value is -1.48. The van der Waals surface area contributed by atoms with Crippen molar-refractivity contribution in [3.8, 4) is 11.5 Å². The molecule has 0 fully saturated rings. The lowest BCUT2D eigenvalue weighted by Gasteiger charge is -2.03. The van der Waals surface area contributed by atoms with E-state index in [1.807, 2.05) is 5.38 Å². The maximum absolute atomic E-state index is 9.56. The van der Waals surface area contributed by atoms with Crippen molar-refractivity contribution in [3.63, 3.8) is 0 Å². The van der Waals surface area contributed by atoms with Crippen LogP contribution in [0.15, 0.2) is 35.0 Å². The van der Waals surface area contributed by atoms with Gasteiger partial charge < -0.3 is 10.2 Å². The maximum Gasteiger partial charge on any atom is 0.122 e. The molecule has 0 radical (unpaired) electrons. The number of benzene rings is 1. The Balaban J connectivity index is 2.05. The van der Waals surface area contributed by atoms with Crippen molar-refractivity contribution in [2.45, 2.75) is 12.8 Å². The van der Waals surface area contributed by atoms with E-state index in [2.05, 4.69) is 11.4 Å². The molecule has 1 heterocycles. The van der Waals surface area contributed by atoms with Crippen molar-refractivity contribution in [1.82, 2.24) is 0 Å². The van der Waals surface area contributed by atoms with Gasteiger partial charge in [0.2, 0.25) is 0 Å². The summed E-state index contributed by atoms with van der Waals surface area (Å²) >= 11 is 1.68. The molecule has 0 unspecified atom stereocenters. The van der Waals surface area contributed by atoms with Gasteiger partial charge in [0.1, 0.15) is 11.5 Å². The van der Waals surface area contributed by atoms with Crippen molar-refractivity contribution >= 4 is 11.3 Å². The van der Waals surface area contributed by atoms with E-state index >= 15 is 0 Å². The zero-order valence-corrected chi connectivity index (χ0v) is 9.00. The zero-order chi connectivity index (χ0) is 10.7. The summed E-state index contributed by atoms with van der Waals surface area (Å²) in [6, 6.07) is 6.82. The average molecular weight is 220 g/mol. The highest BCUT2D eigenvalue weighted by atomic mass is 32.1. The Morgan fingerprint density at radius 1 is 1.07 bits per heavy atom. The molecule has 2 aromatic rings. The number of aryl methyl sites for hydroxylation is 2. The first-order chi connectivity index (χ1) is 7.25. The van der Waals surface area contributed by atoms with Crippen molar-refractivity contribution in [3.05, 3.63) is 46.2 Å². The lowest BCUT2D eigenvalue weighted by molar-refractivity contribution is 0.446. The second kappa shape index (κ2) is 4.36. The van der Waals surface area contributed by atoms with Gasteiger partial charge in [-0.1, -0.05) is 6.07 Å². The number of hydrogen-bond acceptors (Lipinski definition) is 3. The predicted molar refractivity (Wildman–Crippen MR) is 61.5 cm³/mol. The van der Waals surface area contributed by atoms with Crippen LogP contribution in [0, 0.1) is 0 Å². The van der Waals surface area contributed by atoms with E-state index in [1.54, 1.807) is 23.5 Å². The number of phenols is 2. The van der Waals surface area contributed by atoms with Crippen LogP contribution in [0.2, 0.25) is 0 Å². The standard InChI is InChI=1S/C12H12O2S/c13-11-4-3-10(12(14)7-11)2-1-9-5-6-15-8-9/h3-8,13-14H,1-2H2. The summed E-state index contributed by atoms with van der Waals surface area (Å²) in [7, 11) is 0. The quantitative estimate of drug-likeness (QED) is 0.835. The molecule has 1 aromatic heterocycles. The van der Waals surface area contributed by atoms with Crippen LogP contribution in [0.4, 0.5) is 0 Å². The molecule has 1 aromatic carbocycles. The lowest BCUT2D eigenvalue weighted by Crippen LogP contribution is -1.89. The molecule has 0 amide bonds. The third-order valence-corrected chi connectivity index (χ3v) is 3.06. The molecule has 0 aliphatic rings. The Morgan fingerprint density at radius 2 is 1.93 bits per heavy atom. The Bertz CT molecular complexity index is 435. The summed E-state index contributed by atoms with van der Waals surface area (Å²) in [4.78, 5) is 0. The molecular formula is C12H12O2S. The number of thiophene rings is 1. The third-order valence-electron chi connectivity index (χ3n) is 2.33. The van der Waals surface area contributed by atoms with Crippen molar-refractivity contribution in [2.75, 3.05) is 0 Å². The summed E-state index contributed by atoms with van der Waals surface area (Å²) in [5.41, 5.74) is 2.16. The van der Waals surface area contributed by atoms with E-state index in [9.17, 15) is 5.11 Å². The van der Waals surface area contributed by atoms with E-state index in [0.29, 0.717) is 0 Å². The lowest BCUT2D eigenvalue weighted by atomic mass is 10.1. The smallest absolute Gasteiger partial charge is 0.122 e. The SMILES string of the molecule is Oc1ccc(CCc2ccsc2)c(O)c1. The molecule has 0 bridgehead atoms. The van der Waals surface area contributed by atoms with E-state index in [4.69, 9.17) is 5.11 Å². The number of hydrogen-bond donors (Lipinski definition) is 2. The van der Waals surface area contributed by atoms with Gasteiger partial charge in [-0.05, 0) is 46.9 Å². The van der Waals surface area contributed by atoms with Crippen molar-refractivity contribution in [1.29, 1.82) is 0 Å². The molecule has 2 N–H and O–H groups in total. The average Bonchev–Trinajstić information content (AvgIpc) is 2.69. The molecule has 78 valence electrons. The van der Waals surface area contributed by atoms with E-state index < -0.39 is 0 Å². The van der Waals surface area contributed by atoms with Crippen LogP contribution < -0.4 is 0 Å². The van der Waals surface area contributed by atoms with Gasteiger partial charge in [-0.25, -0.2) is 0 Å². The number of phenolic OH excluding ortho intramolecular Hbond substituents is 2. The predicted octanol–water partition coefficient (Wildman–Crippen LogP) is 2.94. The van der Waals surface area contributed by atoms with Gasteiger partial charge in [0, 0.05) is 6.07 Å². The van der Waals surface area contributed by atoms with Crippen molar-refractivity contribution < 1.29 is 10.2 Å². The van der Waals surface area contributed by atoms with E-state index in [1.165, 1.54) is 11.6 Å². The van der Waals surface area contributed by atoms with Crippen LogP contribution in [-0.2, 0) is 12.8 Å². The largest absolute Gasteiger partial charge is 0.508 e. The summed E-state index contributed by atoms with van der Waals surface area (Å²) in [5.74, 6) is 0.275. The summed E-state index contributed by atoms with van der Waals surface area (Å²) in [6.45, 7) is 0. The fraction of sp³-hybridized carbons (Fsp3) is 0.167. The van der Waals surface area contributed by atoms with Crippen LogP contribution in [-0.4, -0.2) is 10.2 Å². The molecule has 0 aliphatic heterocycles. The number of aromatic hydroxyl groups is 2. The molecule has 0 saturated heterocycles. The monoisotopic (exact) mass is 220 g/mol. The first kappa shape index (κ1) is 10.1. The maximum atomic E-state index is 9.56. The molecule has 0 saturated carbocycles. The topological polar surface area (TPSA) is 40.5 Å². The second-order valence-corrected chi connectivity index (χ2v) is 4.22. The van der Waals surface area contributed by atoms with E-state index in [-0.39, 0.29) is 11.5 Å². The van der Waals surface area contributed by atoms with Gasteiger partial charge in [0.25, 0.3) is 0 Å². The molecular weight excluding hydrogens is 208 g/mol. The van der Waals surface area contributed by atoms with Crippen LogP contribution >= 0.6 is 11.3 Å². The first-order valence-electron chi connectivity index (χ1n) is 4.77. The summed E-state index contributed by atoms with van der Waals surface area (Å²) in [6.07, 6.45) is 1.71. The molecule has 0 atom stereocenters. The van der Waals surface area contributed by atoms with E-state index in [0.717, 1.165) is 18.4 Å². The summed E-state index contributed by atoms with van der Waals surface area (Å²) in [5, 5.41) is 22.9. The number of rotatable bonds is 3. The molecule has 0 spiro atoms. The molecule has 0 aliphatic carbocycles. The van der Waals surface area contributed by atoms with Gasteiger partial charge in [0.05, 0.1) is 0 Å². The van der Waals surface area contributed by atoms with Crippen LogP contribution in [0.1, 0.15) is 11.1 Å². The minimum absolute atomic E-state index is 0.104. The zero-order valence-electron chi connectivity index (χ0n) is 8.18. The van der Waals surface area contributed by atoms with Gasteiger partial charge >= 0.3 is 0 Å². The minimum Gasteiger partial charge on any atom is -0.508 e. The first-order valence-corrected chi connectivity index (χ1v) is 5.72. The Labute approximate surface area is 92.4 Å². The molecule has 2 rings (SSSR count). The molecule has 2 nitrogen and oxygen atoms in total. The second-order valence-electron chi connectivity index (χ2n) is 3.44. The van der Waals surface area contributed by atoms with Crippen LogP contribution in [0.3, 0.4) is 0 Å². The molecule has 15 heavy (non-hydrogen) atoms. The van der Waals surface area contributed by atoms with Gasteiger partial charge in [-0.15, -0.1) is 0 Å². The fourth-order valence-corrected chi connectivity index (χ4v) is 2.18. The van der Waals surface area contributed by atoms with Gasteiger partial charge in [-0.2, -0.15) is 11.3 Å². The highest BCUT2D eigenvalue weighted by Crippen LogP contribution is 2.24. The fourth-order valence-electron chi connectivity index (χ4n) is 1.48. The Morgan fingerprint density at radius 3 is 2.60 bits per heavy atom. The van der Waals surface area contributed by atoms with Gasteiger partial charge in [0.15, 0.2) is 0 Å². The highest BCUT2D eigenvalue weighted by Gasteiger charge is 2.02. The van der Waals surface area contributed by atoms with Crippen molar-refractivity contribution in [2.24, 2.45) is 0 Å². The normalized spacial score (nSPS) is 10.4. The van der Waals surface area contributed by atoms with Crippen LogP contribution in [0.5, 0.6) is 11.5 Å². The molecule has 3 heteroatoms. The van der Waals surface area contributed by atoms with Crippen LogP contribution in [0.25, 0.3) is 0 Å². The van der Waals surface area contributed by atoms with Gasteiger partial charge in [-0.3, -0.25) is 0 Å².